The van der Waals surface area contributed by atoms with Crippen LogP contribution in [0.25, 0.3) is 0 Å². The van der Waals surface area contributed by atoms with Gasteiger partial charge in [0, 0.05) is 11.1 Å². The lowest BCUT2D eigenvalue weighted by Gasteiger charge is -2.20. The molecule has 0 aliphatic heterocycles. The number of hydrogen-bond donors (Lipinski definition) is 1. The van der Waals surface area contributed by atoms with Gasteiger partial charge in [-0.05, 0) is 63.8 Å². The zero-order chi connectivity index (χ0) is 25.6. The molecule has 0 saturated carbocycles. The molecule has 0 atom stereocenters. The van der Waals surface area contributed by atoms with Crippen molar-refractivity contribution in [3.63, 3.8) is 0 Å². The van der Waals surface area contributed by atoms with Crippen molar-refractivity contribution >= 4 is 24.2 Å². The number of esters is 1. The Morgan fingerprint density at radius 2 is 1.15 bits per heavy atom. The van der Waals surface area contributed by atoms with Crippen LogP contribution in [0.4, 0.5) is 0 Å². The highest BCUT2D eigenvalue weighted by atomic mass is 31.2. The molecule has 0 aliphatic rings. The third-order valence-corrected chi connectivity index (χ3v) is 7.98. The van der Waals surface area contributed by atoms with Gasteiger partial charge in [-0.25, -0.2) is 0 Å². The molecule has 0 unspecified atom stereocenters. The van der Waals surface area contributed by atoms with Gasteiger partial charge in [0.1, 0.15) is 12.8 Å². The second-order valence-corrected chi connectivity index (χ2v) is 11.2. The first-order valence-corrected chi connectivity index (χ1v) is 13.0. The topological polar surface area (TPSA) is 107 Å². The molecule has 2 aromatic rings. The number of aliphatic hydroxyl groups is 1. The fourth-order valence-electron chi connectivity index (χ4n) is 4.24. The highest BCUT2D eigenvalue weighted by Crippen LogP contribution is 2.53. The number of carbonyl (C=O) groups is 3. The molecule has 0 saturated heterocycles. The third kappa shape index (κ3) is 6.29. The Bertz CT molecular complexity index is 1030. The van der Waals surface area contributed by atoms with Crippen molar-refractivity contribution in [3.8, 4) is 0 Å². The number of ether oxygens (including phenoxy) is 2. The first-order valence-electron chi connectivity index (χ1n) is 11.1. The second-order valence-electron chi connectivity index (χ2n) is 8.61. The maximum Gasteiger partial charge on any atom is 0.314 e. The van der Waals surface area contributed by atoms with E-state index in [4.69, 9.17) is 14.6 Å². The number of rotatable bonds is 11. The van der Waals surface area contributed by atoms with Crippen LogP contribution in [0.15, 0.2) is 24.3 Å². The fraction of sp³-hybridized carbons (Fsp3) is 0.423. The van der Waals surface area contributed by atoms with E-state index in [1.165, 1.54) is 0 Å². The highest BCUT2D eigenvalue weighted by molar-refractivity contribution is 7.96. The first kappa shape index (κ1) is 27.6. The van der Waals surface area contributed by atoms with Gasteiger partial charge in [-0.3, -0.25) is 14.4 Å². The van der Waals surface area contributed by atoms with Crippen molar-refractivity contribution in [1.82, 2.24) is 0 Å². The van der Waals surface area contributed by atoms with Crippen molar-refractivity contribution in [2.45, 2.75) is 41.5 Å². The lowest BCUT2D eigenvalue weighted by atomic mass is 10.0. The third-order valence-electron chi connectivity index (χ3n) is 5.52. The summed E-state index contributed by atoms with van der Waals surface area (Å²) in [5, 5.41) is 8.75. The largest absolute Gasteiger partial charge is 0.463 e. The molecular weight excluding hydrogens is 455 g/mol. The molecule has 0 aromatic heterocycles. The number of aryl methyl sites for hydroxylation is 6. The van der Waals surface area contributed by atoms with Crippen LogP contribution in [0.3, 0.4) is 0 Å². The zero-order valence-corrected chi connectivity index (χ0v) is 21.6. The lowest BCUT2D eigenvalue weighted by molar-refractivity contribution is -0.142. The standard InChI is InChI=1S/C26H33O7P/c1-16-11-18(3)23(19(4)12-16)25(29)34(31,15-22(28)33-10-9-32-8-7-27)26(30)24-20(5)13-17(2)14-21(24)6/h11-14,27H,7-10,15H2,1-6H3. The van der Waals surface area contributed by atoms with Gasteiger partial charge in [0.15, 0.2) is 0 Å². The molecule has 0 fully saturated rings. The monoisotopic (exact) mass is 488 g/mol. The molecule has 0 radical (unpaired) electrons. The molecule has 7 nitrogen and oxygen atoms in total. The molecule has 1 N–H and O–H groups in total. The van der Waals surface area contributed by atoms with Crippen molar-refractivity contribution in [2.24, 2.45) is 0 Å². The van der Waals surface area contributed by atoms with Crippen LogP contribution >= 0.6 is 7.14 Å². The Kier molecular flexibility index (Phi) is 9.51. The van der Waals surface area contributed by atoms with Gasteiger partial charge in [-0.1, -0.05) is 35.4 Å². The van der Waals surface area contributed by atoms with E-state index < -0.39 is 30.3 Å². The first-order chi connectivity index (χ1) is 15.9. The van der Waals surface area contributed by atoms with E-state index in [0.717, 1.165) is 11.1 Å². The maximum atomic E-state index is 14.3. The predicted molar refractivity (Wildman–Crippen MR) is 131 cm³/mol. The molecule has 184 valence electrons. The van der Waals surface area contributed by atoms with Crippen LogP contribution in [0.5, 0.6) is 0 Å². The Morgan fingerprint density at radius 3 is 1.53 bits per heavy atom. The zero-order valence-electron chi connectivity index (χ0n) is 20.7. The maximum absolute atomic E-state index is 14.3. The summed E-state index contributed by atoms with van der Waals surface area (Å²) in [6.07, 6.45) is -0.829. The minimum absolute atomic E-state index is 0.0326. The van der Waals surface area contributed by atoms with Crippen LogP contribution in [-0.2, 0) is 18.8 Å². The molecule has 0 spiro atoms. The van der Waals surface area contributed by atoms with Gasteiger partial charge in [-0.2, -0.15) is 0 Å². The summed E-state index contributed by atoms with van der Waals surface area (Å²) in [6, 6.07) is 7.14. The molecule has 34 heavy (non-hydrogen) atoms. The molecule has 2 aromatic carbocycles. The predicted octanol–water partition coefficient (Wildman–Crippen LogP) is 4.43. The van der Waals surface area contributed by atoms with Crippen molar-refractivity contribution in [2.75, 3.05) is 32.6 Å². The summed E-state index contributed by atoms with van der Waals surface area (Å²) < 4.78 is 24.4. The molecule has 2 rings (SSSR count). The van der Waals surface area contributed by atoms with E-state index in [0.29, 0.717) is 22.3 Å². The Labute approximate surface area is 200 Å². The minimum atomic E-state index is -4.43. The van der Waals surface area contributed by atoms with Crippen molar-refractivity contribution in [3.05, 3.63) is 68.8 Å². The van der Waals surface area contributed by atoms with Crippen LogP contribution in [0.2, 0.25) is 0 Å². The van der Waals surface area contributed by atoms with Crippen LogP contribution in [-0.4, -0.2) is 54.7 Å². The van der Waals surface area contributed by atoms with Gasteiger partial charge in [0.05, 0.1) is 19.8 Å². The second kappa shape index (κ2) is 11.7. The minimum Gasteiger partial charge on any atom is -0.463 e. The smallest absolute Gasteiger partial charge is 0.314 e. The fourth-order valence-corrected chi connectivity index (χ4v) is 6.59. The summed E-state index contributed by atoms with van der Waals surface area (Å²) in [6.45, 7) is 10.5. The van der Waals surface area contributed by atoms with E-state index >= 15 is 0 Å². The van der Waals surface area contributed by atoms with E-state index in [9.17, 15) is 18.9 Å². The van der Waals surface area contributed by atoms with E-state index in [1.807, 2.05) is 13.8 Å². The normalized spacial score (nSPS) is 11.4. The highest BCUT2D eigenvalue weighted by Gasteiger charge is 2.45. The molecular formula is C26H33O7P. The quantitative estimate of drug-likeness (QED) is 0.283. The average Bonchev–Trinajstić information content (AvgIpc) is 2.71. The molecule has 0 heterocycles. The van der Waals surface area contributed by atoms with Crippen LogP contribution in [0.1, 0.15) is 54.1 Å². The summed E-state index contributed by atoms with van der Waals surface area (Å²) >= 11 is 0. The Morgan fingerprint density at radius 1 is 0.735 bits per heavy atom. The summed E-state index contributed by atoms with van der Waals surface area (Å²) in [5.74, 6) is -0.914. The summed E-state index contributed by atoms with van der Waals surface area (Å²) in [7, 11) is -4.43. The van der Waals surface area contributed by atoms with Crippen molar-refractivity contribution < 1.29 is 33.5 Å². The van der Waals surface area contributed by atoms with Crippen LogP contribution in [0, 0.1) is 41.5 Å². The van der Waals surface area contributed by atoms with E-state index in [2.05, 4.69) is 0 Å². The average molecular weight is 489 g/mol. The van der Waals surface area contributed by atoms with Gasteiger partial charge in [-0.15, -0.1) is 0 Å². The van der Waals surface area contributed by atoms with Gasteiger partial charge >= 0.3 is 5.97 Å². The molecule has 0 amide bonds. The summed E-state index contributed by atoms with van der Waals surface area (Å²) in [5.41, 5.74) is 2.98. The molecule has 0 aliphatic carbocycles. The van der Waals surface area contributed by atoms with Crippen molar-refractivity contribution in [1.29, 1.82) is 0 Å². The Hall–Kier alpha value is -2.60. The van der Waals surface area contributed by atoms with E-state index in [-0.39, 0.29) is 37.6 Å². The lowest BCUT2D eigenvalue weighted by Crippen LogP contribution is -2.23. The molecule has 8 heteroatoms. The number of carbonyl (C=O) groups excluding carboxylic acids is 3. The van der Waals surface area contributed by atoms with Crippen LogP contribution < -0.4 is 0 Å². The molecule has 0 bridgehead atoms. The van der Waals surface area contributed by atoms with Gasteiger partial charge in [0.25, 0.3) is 0 Å². The SMILES string of the molecule is Cc1cc(C)c(C(=O)P(=O)(CC(=O)OCCOCCO)C(=O)c2c(C)cc(C)cc2C)c(C)c1. The van der Waals surface area contributed by atoms with Gasteiger partial charge < -0.3 is 19.1 Å². The summed E-state index contributed by atoms with van der Waals surface area (Å²) in [4.78, 5) is 40.1. The Balaban J connectivity index is 2.51. The van der Waals surface area contributed by atoms with E-state index in [1.54, 1.807) is 52.0 Å². The number of aliphatic hydroxyl groups excluding tert-OH is 1. The number of hydrogen-bond acceptors (Lipinski definition) is 7. The number of benzene rings is 2. The van der Waals surface area contributed by atoms with Gasteiger partial charge in [0.2, 0.25) is 18.2 Å².